The standard InChI is InChI=1S/C22H33N5O3/c1-15(28)26-10-7-16(8-11-26)13-22(30)27-12-9-20-18(14-27)19(24-25(20)2)5-6-21(29)23-17-3-4-17/h16-17H,3-14H2,1-2H3,(H,23,29). The van der Waals surface area contributed by atoms with Gasteiger partial charge in [-0.05, 0) is 31.6 Å². The number of carbonyl (C=O) groups excluding carboxylic acids is 3. The van der Waals surface area contributed by atoms with Crippen LogP contribution in [0.3, 0.4) is 0 Å². The Labute approximate surface area is 178 Å². The molecule has 1 aliphatic carbocycles. The maximum absolute atomic E-state index is 13.0. The van der Waals surface area contributed by atoms with Crippen LogP contribution < -0.4 is 5.32 Å². The lowest BCUT2D eigenvalue weighted by Gasteiger charge is -2.33. The molecule has 3 heterocycles. The molecule has 3 amide bonds. The van der Waals surface area contributed by atoms with Crippen molar-refractivity contribution < 1.29 is 14.4 Å². The van der Waals surface area contributed by atoms with Gasteiger partial charge in [-0.15, -0.1) is 0 Å². The van der Waals surface area contributed by atoms with Gasteiger partial charge in [-0.2, -0.15) is 5.10 Å². The summed E-state index contributed by atoms with van der Waals surface area (Å²) in [5.74, 6) is 0.771. The minimum absolute atomic E-state index is 0.0950. The van der Waals surface area contributed by atoms with E-state index in [2.05, 4.69) is 10.4 Å². The second-order valence-electron chi connectivity index (χ2n) is 9.06. The summed E-state index contributed by atoms with van der Waals surface area (Å²) in [6.07, 6.45) is 6.42. The summed E-state index contributed by atoms with van der Waals surface area (Å²) in [5.41, 5.74) is 3.26. The first-order chi connectivity index (χ1) is 14.4. The fraction of sp³-hybridized carbons (Fsp3) is 0.727. The number of aryl methyl sites for hydroxylation is 2. The third-order valence-electron chi connectivity index (χ3n) is 6.73. The Morgan fingerprint density at radius 3 is 2.47 bits per heavy atom. The second-order valence-corrected chi connectivity index (χ2v) is 9.06. The van der Waals surface area contributed by atoms with Crippen LogP contribution in [-0.4, -0.2) is 63.0 Å². The summed E-state index contributed by atoms with van der Waals surface area (Å²) in [4.78, 5) is 40.3. The van der Waals surface area contributed by atoms with Gasteiger partial charge in [-0.25, -0.2) is 0 Å². The Morgan fingerprint density at radius 1 is 1.07 bits per heavy atom. The molecule has 0 bridgehead atoms. The lowest BCUT2D eigenvalue weighted by Crippen LogP contribution is -2.40. The predicted molar refractivity (Wildman–Crippen MR) is 111 cm³/mol. The zero-order valence-corrected chi connectivity index (χ0v) is 18.2. The molecular formula is C22H33N5O3. The highest BCUT2D eigenvalue weighted by Gasteiger charge is 2.30. The fourth-order valence-electron chi connectivity index (χ4n) is 4.67. The number of hydrogen-bond acceptors (Lipinski definition) is 4. The first kappa shape index (κ1) is 20.9. The Kier molecular flexibility index (Phi) is 6.11. The minimum atomic E-state index is 0.0950. The van der Waals surface area contributed by atoms with E-state index in [0.29, 0.717) is 37.8 Å². The van der Waals surface area contributed by atoms with Crippen LogP contribution in [0.5, 0.6) is 0 Å². The van der Waals surface area contributed by atoms with E-state index in [1.165, 1.54) is 5.69 Å². The van der Waals surface area contributed by atoms with E-state index >= 15 is 0 Å². The number of hydrogen-bond donors (Lipinski definition) is 1. The van der Waals surface area contributed by atoms with Gasteiger partial charge < -0.3 is 15.1 Å². The average Bonchev–Trinajstić information content (AvgIpc) is 3.48. The molecule has 0 spiro atoms. The zero-order valence-electron chi connectivity index (χ0n) is 18.2. The van der Waals surface area contributed by atoms with E-state index in [-0.39, 0.29) is 17.7 Å². The Bertz CT molecular complexity index is 821. The molecule has 164 valence electrons. The number of aromatic nitrogens is 2. The lowest BCUT2D eigenvalue weighted by molar-refractivity contribution is -0.134. The molecule has 0 atom stereocenters. The van der Waals surface area contributed by atoms with Crippen molar-refractivity contribution in [2.75, 3.05) is 19.6 Å². The van der Waals surface area contributed by atoms with Crippen LogP contribution in [0.25, 0.3) is 0 Å². The molecule has 2 aliphatic heterocycles. The number of carbonyl (C=O) groups is 3. The van der Waals surface area contributed by atoms with Gasteiger partial charge >= 0.3 is 0 Å². The molecular weight excluding hydrogens is 382 g/mol. The largest absolute Gasteiger partial charge is 0.353 e. The number of nitrogens with one attached hydrogen (secondary N) is 1. The molecule has 0 radical (unpaired) electrons. The molecule has 1 saturated heterocycles. The number of fused-ring (bicyclic) bond motifs is 1. The molecule has 1 aromatic rings. The van der Waals surface area contributed by atoms with Gasteiger partial charge in [0.15, 0.2) is 0 Å². The molecule has 1 aromatic heterocycles. The summed E-state index contributed by atoms with van der Waals surface area (Å²) < 4.78 is 1.92. The van der Waals surface area contributed by atoms with Crippen LogP contribution in [0.4, 0.5) is 0 Å². The van der Waals surface area contributed by atoms with Crippen molar-refractivity contribution >= 4 is 17.7 Å². The smallest absolute Gasteiger partial charge is 0.223 e. The Balaban J connectivity index is 1.32. The number of piperidine rings is 1. The lowest BCUT2D eigenvalue weighted by atomic mass is 9.92. The SMILES string of the molecule is CC(=O)N1CCC(CC(=O)N2CCc3c(c(CCC(=O)NC4CC4)nn3C)C2)CC1. The first-order valence-electron chi connectivity index (χ1n) is 11.3. The van der Waals surface area contributed by atoms with Crippen LogP contribution in [-0.2, 0) is 40.8 Å². The van der Waals surface area contributed by atoms with Crippen molar-refractivity contribution in [1.29, 1.82) is 0 Å². The fourth-order valence-corrected chi connectivity index (χ4v) is 4.67. The van der Waals surface area contributed by atoms with Gasteiger partial charge in [0, 0.05) is 83.1 Å². The molecule has 1 N–H and O–H groups in total. The first-order valence-corrected chi connectivity index (χ1v) is 11.3. The van der Waals surface area contributed by atoms with Crippen molar-refractivity contribution in [2.24, 2.45) is 13.0 Å². The van der Waals surface area contributed by atoms with Gasteiger partial charge in [-0.1, -0.05) is 0 Å². The van der Waals surface area contributed by atoms with E-state index < -0.39 is 0 Å². The molecule has 8 nitrogen and oxygen atoms in total. The third kappa shape index (κ3) is 4.84. The monoisotopic (exact) mass is 415 g/mol. The second kappa shape index (κ2) is 8.78. The van der Waals surface area contributed by atoms with Crippen molar-refractivity contribution in [2.45, 2.75) is 70.9 Å². The summed E-state index contributed by atoms with van der Waals surface area (Å²) in [6, 6.07) is 0.380. The Hall–Kier alpha value is -2.38. The molecule has 8 heteroatoms. The molecule has 2 fully saturated rings. The van der Waals surface area contributed by atoms with E-state index in [0.717, 1.165) is 63.0 Å². The van der Waals surface area contributed by atoms with Gasteiger partial charge in [0.05, 0.1) is 5.69 Å². The Morgan fingerprint density at radius 2 is 1.80 bits per heavy atom. The molecule has 30 heavy (non-hydrogen) atoms. The van der Waals surface area contributed by atoms with E-state index in [1.54, 1.807) is 6.92 Å². The van der Waals surface area contributed by atoms with Crippen LogP contribution in [0, 0.1) is 5.92 Å². The van der Waals surface area contributed by atoms with Crippen LogP contribution in [0.1, 0.15) is 62.4 Å². The van der Waals surface area contributed by atoms with Crippen LogP contribution >= 0.6 is 0 Å². The molecule has 0 unspecified atom stereocenters. The highest BCUT2D eigenvalue weighted by atomic mass is 16.2. The van der Waals surface area contributed by atoms with E-state index in [9.17, 15) is 14.4 Å². The van der Waals surface area contributed by atoms with Crippen molar-refractivity contribution in [3.8, 4) is 0 Å². The summed E-state index contributed by atoms with van der Waals surface area (Å²) in [6.45, 7) is 4.44. The van der Waals surface area contributed by atoms with E-state index in [1.807, 2.05) is 21.5 Å². The predicted octanol–water partition coefficient (Wildman–Crippen LogP) is 1.16. The summed E-state index contributed by atoms with van der Waals surface area (Å²) in [7, 11) is 1.95. The van der Waals surface area contributed by atoms with Crippen molar-refractivity contribution in [3.05, 3.63) is 17.0 Å². The molecule has 1 saturated carbocycles. The summed E-state index contributed by atoms with van der Waals surface area (Å²) >= 11 is 0. The maximum Gasteiger partial charge on any atom is 0.223 e. The third-order valence-corrected chi connectivity index (χ3v) is 6.73. The highest BCUT2D eigenvalue weighted by molar-refractivity contribution is 5.78. The molecule has 4 rings (SSSR count). The van der Waals surface area contributed by atoms with Crippen molar-refractivity contribution in [3.63, 3.8) is 0 Å². The quantitative estimate of drug-likeness (QED) is 0.755. The zero-order chi connectivity index (χ0) is 21.3. The van der Waals surface area contributed by atoms with Crippen LogP contribution in [0.2, 0.25) is 0 Å². The summed E-state index contributed by atoms with van der Waals surface area (Å²) in [5, 5.41) is 7.69. The van der Waals surface area contributed by atoms with E-state index in [4.69, 9.17) is 0 Å². The number of amides is 3. The van der Waals surface area contributed by atoms with Gasteiger partial charge in [0.1, 0.15) is 0 Å². The molecule has 0 aromatic carbocycles. The average molecular weight is 416 g/mol. The molecule has 3 aliphatic rings. The van der Waals surface area contributed by atoms with Gasteiger partial charge in [0.25, 0.3) is 0 Å². The number of likely N-dealkylation sites (tertiary alicyclic amines) is 1. The van der Waals surface area contributed by atoms with Crippen molar-refractivity contribution in [1.82, 2.24) is 24.9 Å². The number of rotatable bonds is 6. The van der Waals surface area contributed by atoms with Gasteiger partial charge in [-0.3, -0.25) is 19.1 Å². The maximum atomic E-state index is 13.0. The normalized spacial score (nSPS) is 19.5. The highest BCUT2D eigenvalue weighted by Crippen LogP contribution is 2.27. The van der Waals surface area contributed by atoms with Gasteiger partial charge in [0.2, 0.25) is 17.7 Å². The minimum Gasteiger partial charge on any atom is -0.353 e. The number of nitrogens with zero attached hydrogens (tertiary/aromatic N) is 4. The van der Waals surface area contributed by atoms with Crippen LogP contribution in [0.15, 0.2) is 0 Å². The topological polar surface area (TPSA) is 87.5 Å².